The zero-order valence-electron chi connectivity index (χ0n) is 20.9. The molecule has 2 nitrogen and oxygen atoms in total. The molecule has 35 heavy (non-hydrogen) atoms. The minimum absolute atomic E-state index is 0.0221. The van der Waals surface area contributed by atoms with E-state index in [2.05, 4.69) is 6.92 Å². The molecule has 190 valence electrons. The Bertz CT molecular complexity index is 1020. The Balaban J connectivity index is 1.34. The fourth-order valence-corrected chi connectivity index (χ4v) is 6.07. The molecule has 2 aliphatic rings. The van der Waals surface area contributed by atoms with Crippen LogP contribution in [0.15, 0.2) is 30.3 Å². The molecule has 0 aromatic heterocycles. The van der Waals surface area contributed by atoms with Crippen LogP contribution in [0, 0.1) is 29.3 Å². The highest BCUT2D eigenvalue weighted by molar-refractivity contribution is 5.75. The lowest BCUT2D eigenvalue weighted by atomic mass is 9.77. The maximum atomic E-state index is 14.9. The third kappa shape index (κ3) is 5.92. The molecule has 0 bridgehead atoms. The van der Waals surface area contributed by atoms with Crippen LogP contribution in [0.5, 0.6) is 5.75 Å². The Hall–Kier alpha value is -2.30. The molecule has 0 aliphatic heterocycles. The number of benzene rings is 2. The van der Waals surface area contributed by atoms with E-state index in [1.165, 1.54) is 12.5 Å². The molecule has 0 amide bonds. The highest BCUT2D eigenvalue weighted by atomic mass is 19.2. The van der Waals surface area contributed by atoms with Gasteiger partial charge in [0.05, 0.1) is 5.92 Å². The molecule has 0 saturated heterocycles. The Morgan fingerprint density at radius 2 is 1.54 bits per heavy atom. The normalized spacial score (nSPS) is 24.8. The van der Waals surface area contributed by atoms with E-state index in [0.29, 0.717) is 36.3 Å². The minimum atomic E-state index is -1.06. The number of esters is 1. The standard InChI is InChI=1S/C30H37F3O2/c1-3-5-19-6-8-22(9-7-19)25-16-17-27(29(33)28(25)32)35-30(34)23-13-11-21(12-14-23)24-15-10-20(4-2)26(31)18-24/h10,15-19,21-23H,3-9,11-14H2,1-2H3. The monoisotopic (exact) mass is 486 g/mol. The Labute approximate surface area is 207 Å². The summed E-state index contributed by atoms with van der Waals surface area (Å²) in [6, 6.07) is 8.42. The lowest BCUT2D eigenvalue weighted by molar-refractivity contribution is -0.140. The van der Waals surface area contributed by atoms with Gasteiger partial charge in [-0.2, -0.15) is 4.39 Å². The molecule has 2 aromatic carbocycles. The van der Waals surface area contributed by atoms with Crippen molar-refractivity contribution in [3.05, 3.63) is 64.5 Å². The number of carbonyl (C=O) groups is 1. The second kappa shape index (κ2) is 11.6. The van der Waals surface area contributed by atoms with Crippen molar-refractivity contribution >= 4 is 5.97 Å². The van der Waals surface area contributed by atoms with Gasteiger partial charge >= 0.3 is 5.97 Å². The van der Waals surface area contributed by atoms with Crippen molar-refractivity contribution in [2.45, 2.75) is 96.3 Å². The quantitative estimate of drug-likeness (QED) is 0.289. The van der Waals surface area contributed by atoms with E-state index in [-0.39, 0.29) is 29.3 Å². The van der Waals surface area contributed by atoms with Crippen LogP contribution >= 0.6 is 0 Å². The van der Waals surface area contributed by atoms with E-state index >= 15 is 0 Å². The maximum absolute atomic E-state index is 14.9. The van der Waals surface area contributed by atoms with Crippen molar-refractivity contribution in [2.75, 3.05) is 0 Å². The average Bonchev–Trinajstić information content (AvgIpc) is 2.88. The van der Waals surface area contributed by atoms with E-state index in [9.17, 15) is 18.0 Å². The summed E-state index contributed by atoms with van der Waals surface area (Å²) in [6.45, 7) is 4.11. The first-order chi connectivity index (χ1) is 16.9. The molecule has 0 radical (unpaired) electrons. The van der Waals surface area contributed by atoms with Crippen LogP contribution in [0.4, 0.5) is 13.2 Å². The van der Waals surface area contributed by atoms with Crippen molar-refractivity contribution in [1.82, 2.24) is 0 Å². The van der Waals surface area contributed by atoms with Gasteiger partial charge in [0.1, 0.15) is 5.82 Å². The van der Waals surface area contributed by atoms with Gasteiger partial charge in [0, 0.05) is 0 Å². The van der Waals surface area contributed by atoms with E-state index < -0.39 is 17.6 Å². The fourth-order valence-electron chi connectivity index (χ4n) is 6.07. The van der Waals surface area contributed by atoms with Crippen LogP contribution in [-0.4, -0.2) is 5.97 Å². The number of halogens is 3. The predicted molar refractivity (Wildman–Crippen MR) is 132 cm³/mol. The predicted octanol–water partition coefficient (Wildman–Crippen LogP) is 8.62. The molecule has 4 rings (SSSR count). The SMILES string of the molecule is CCCC1CCC(c2ccc(OC(=O)C3CCC(c4ccc(CC)c(F)c4)CC3)c(F)c2F)CC1. The zero-order valence-corrected chi connectivity index (χ0v) is 20.9. The van der Waals surface area contributed by atoms with Gasteiger partial charge in [-0.05, 0) is 104 Å². The van der Waals surface area contributed by atoms with Gasteiger partial charge in [-0.3, -0.25) is 4.79 Å². The summed E-state index contributed by atoms with van der Waals surface area (Å²) in [5.41, 5.74) is 2.06. The number of hydrogen-bond acceptors (Lipinski definition) is 2. The molecule has 2 aliphatic carbocycles. The minimum Gasteiger partial charge on any atom is -0.423 e. The van der Waals surface area contributed by atoms with Crippen LogP contribution in [0.1, 0.15) is 107 Å². The van der Waals surface area contributed by atoms with E-state index in [4.69, 9.17) is 4.74 Å². The van der Waals surface area contributed by atoms with Crippen molar-refractivity contribution in [3.63, 3.8) is 0 Å². The van der Waals surface area contributed by atoms with Crippen LogP contribution in [0.25, 0.3) is 0 Å². The van der Waals surface area contributed by atoms with Gasteiger partial charge in [0.25, 0.3) is 0 Å². The first-order valence-corrected chi connectivity index (χ1v) is 13.4. The van der Waals surface area contributed by atoms with Crippen molar-refractivity contribution < 1.29 is 22.7 Å². The highest BCUT2D eigenvalue weighted by Gasteiger charge is 2.31. The van der Waals surface area contributed by atoms with E-state index in [1.54, 1.807) is 12.1 Å². The van der Waals surface area contributed by atoms with Gasteiger partial charge < -0.3 is 4.74 Å². The molecular formula is C30H37F3O2. The molecule has 0 spiro atoms. The maximum Gasteiger partial charge on any atom is 0.314 e. The zero-order chi connectivity index (χ0) is 24.9. The molecule has 0 atom stereocenters. The molecule has 2 fully saturated rings. The second-order valence-electron chi connectivity index (χ2n) is 10.5. The Morgan fingerprint density at radius 3 is 2.17 bits per heavy atom. The van der Waals surface area contributed by atoms with Crippen LogP contribution < -0.4 is 4.74 Å². The van der Waals surface area contributed by atoms with Crippen molar-refractivity contribution in [3.8, 4) is 5.75 Å². The van der Waals surface area contributed by atoms with Crippen LogP contribution in [0.2, 0.25) is 0 Å². The largest absolute Gasteiger partial charge is 0.423 e. The third-order valence-corrected chi connectivity index (χ3v) is 8.26. The van der Waals surface area contributed by atoms with Gasteiger partial charge in [0.2, 0.25) is 5.82 Å². The van der Waals surface area contributed by atoms with Crippen molar-refractivity contribution in [1.29, 1.82) is 0 Å². The molecular weight excluding hydrogens is 449 g/mol. The topological polar surface area (TPSA) is 26.3 Å². The van der Waals surface area contributed by atoms with Crippen LogP contribution in [0.3, 0.4) is 0 Å². The Morgan fingerprint density at radius 1 is 0.857 bits per heavy atom. The number of aryl methyl sites for hydroxylation is 1. The fraction of sp³-hybridized carbons (Fsp3) is 0.567. The summed E-state index contributed by atoms with van der Waals surface area (Å²) in [5, 5.41) is 0. The average molecular weight is 487 g/mol. The summed E-state index contributed by atoms with van der Waals surface area (Å²) in [6.07, 6.45) is 9.50. The van der Waals surface area contributed by atoms with Gasteiger partial charge in [-0.15, -0.1) is 0 Å². The summed E-state index contributed by atoms with van der Waals surface area (Å²) >= 11 is 0. The third-order valence-electron chi connectivity index (χ3n) is 8.26. The van der Waals surface area contributed by atoms with Crippen molar-refractivity contribution in [2.24, 2.45) is 11.8 Å². The molecule has 0 N–H and O–H groups in total. The smallest absolute Gasteiger partial charge is 0.314 e. The molecule has 0 unspecified atom stereocenters. The first kappa shape index (κ1) is 25.8. The Kier molecular flexibility index (Phi) is 8.56. The molecule has 2 saturated carbocycles. The highest BCUT2D eigenvalue weighted by Crippen LogP contribution is 2.41. The van der Waals surface area contributed by atoms with Gasteiger partial charge in [-0.1, -0.05) is 44.9 Å². The number of ether oxygens (including phenoxy) is 1. The van der Waals surface area contributed by atoms with Crippen LogP contribution in [-0.2, 0) is 11.2 Å². The van der Waals surface area contributed by atoms with Gasteiger partial charge in [0.15, 0.2) is 11.6 Å². The lowest BCUT2D eigenvalue weighted by Gasteiger charge is -2.29. The lowest BCUT2D eigenvalue weighted by Crippen LogP contribution is -2.25. The number of rotatable bonds is 7. The number of carbonyl (C=O) groups excluding carboxylic acids is 1. The summed E-state index contributed by atoms with van der Waals surface area (Å²) in [4.78, 5) is 12.7. The first-order valence-electron chi connectivity index (χ1n) is 13.4. The summed E-state index contributed by atoms with van der Waals surface area (Å²) < 4.78 is 49.3. The van der Waals surface area contributed by atoms with E-state index in [0.717, 1.165) is 50.5 Å². The number of hydrogen-bond donors (Lipinski definition) is 0. The second-order valence-corrected chi connectivity index (χ2v) is 10.5. The summed E-state index contributed by atoms with van der Waals surface area (Å²) in [5.74, 6) is -2.41. The van der Waals surface area contributed by atoms with E-state index in [1.807, 2.05) is 19.1 Å². The summed E-state index contributed by atoms with van der Waals surface area (Å²) in [7, 11) is 0. The molecule has 5 heteroatoms. The van der Waals surface area contributed by atoms with Gasteiger partial charge in [-0.25, -0.2) is 8.78 Å². The molecule has 2 aromatic rings. The molecule has 0 heterocycles.